The summed E-state index contributed by atoms with van der Waals surface area (Å²) in [6.07, 6.45) is -0.948. The van der Waals surface area contributed by atoms with E-state index in [1.165, 1.54) is 6.07 Å². The molecule has 0 spiro atoms. The molecule has 14 heteroatoms. The Bertz CT molecular complexity index is 1540. The van der Waals surface area contributed by atoms with Crippen molar-refractivity contribution in [2.75, 3.05) is 18.5 Å². The smallest absolute Gasteiger partial charge is 0.412 e. The van der Waals surface area contributed by atoms with E-state index in [0.717, 1.165) is 5.56 Å². The lowest BCUT2D eigenvalue weighted by Crippen LogP contribution is -2.37. The van der Waals surface area contributed by atoms with E-state index in [1.54, 1.807) is 71.6 Å². The summed E-state index contributed by atoms with van der Waals surface area (Å²) in [6.45, 7) is 4.15. The van der Waals surface area contributed by atoms with Crippen molar-refractivity contribution in [1.29, 1.82) is 5.41 Å². The van der Waals surface area contributed by atoms with E-state index in [9.17, 15) is 18.0 Å². The largest absolute Gasteiger partial charge is 0.445 e. The zero-order chi connectivity index (χ0) is 31.1. The highest BCUT2D eigenvalue weighted by Crippen LogP contribution is 2.28. The van der Waals surface area contributed by atoms with Crippen LogP contribution in [0.5, 0.6) is 0 Å². The highest BCUT2D eigenvalue weighted by Gasteiger charge is 2.23. The molecule has 0 aliphatic heterocycles. The number of nitrogens with two attached hydrogens (primary N) is 1. The van der Waals surface area contributed by atoms with E-state index >= 15 is 0 Å². The maximum absolute atomic E-state index is 13.3. The lowest BCUT2D eigenvalue weighted by Gasteiger charge is -2.25. The predicted octanol–water partition coefficient (Wildman–Crippen LogP) is 6.11. The van der Waals surface area contributed by atoms with Crippen molar-refractivity contribution in [3.63, 3.8) is 0 Å². The van der Waals surface area contributed by atoms with Crippen LogP contribution in [0.25, 0.3) is 11.1 Å². The fourth-order valence-corrected chi connectivity index (χ4v) is 4.88. The molecule has 3 aromatic rings. The van der Waals surface area contributed by atoms with Gasteiger partial charge in [-0.25, -0.2) is 23.1 Å². The third kappa shape index (κ3) is 10.2. The van der Waals surface area contributed by atoms with Crippen LogP contribution in [0.4, 0.5) is 15.3 Å². The molecule has 42 heavy (non-hydrogen) atoms. The molecular weight excluding hydrogens is 625 g/mol. The second-order valence-electron chi connectivity index (χ2n) is 9.71. The van der Waals surface area contributed by atoms with Crippen LogP contribution in [0.2, 0.25) is 0 Å². The SMILES string of the molecule is CC(C)CN(Cc1cccc(C(=N)NC(=O)OCC(Cl)(Cl)Cl)c1)C(=O)Nc1ccc(-c2ccccc2S(N)(=O)=O)cc1. The fourth-order valence-electron chi connectivity index (χ4n) is 3.95. The zero-order valence-corrected chi connectivity index (χ0v) is 25.8. The Morgan fingerprint density at radius 3 is 2.31 bits per heavy atom. The number of amides is 3. The fraction of sp³-hybridized carbons (Fsp3) is 0.250. The van der Waals surface area contributed by atoms with Gasteiger partial charge in [0, 0.05) is 29.9 Å². The van der Waals surface area contributed by atoms with Crippen molar-refractivity contribution in [1.82, 2.24) is 10.2 Å². The van der Waals surface area contributed by atoms with Crippen molar-refractivity contribution in [2.24, 2.45) is 11.1 Å². The van der Waals surface area contributed by atoms with Gasteiger partial charge in [-0.05, 0) is 41.3 Å². The summed E-state index contributed by atoms with van der Waals surface area (Å²) in [5, 5.41) is 18.7. The number of primary sulfonamides is 1. The number of amidine groups is 1. The van der Waals surface area contributed by atoms with Crippen LogP contribution in [0, 0.1) is 11.3 Å². The van der Waals surface area contributed by atoms with Crippen LogP contribution < -0.4 is 15.8 Å². The molecule has 0 atom stereocenters. The molecule has 0 heterocycles. The van der Waals surface area contributed by atoms with Gasteiger partial charge in [-0.2, -0.15) is 0 Å². The van der Waals surface area contributed by atoms with Crippen LogP contribution in [0.1, 0.15) is 25.0 Å². The van der Waals surface area contributed by atoms with Crippen molar-refractivity contribution in [3.05, 3.63) is 83.9 Å². The molecule has 3 amide bonds. The Kier molecular flexibility index (Phi) is 11.2. The molecular formula is C28H30Cl3N5O5S. The zero-order valence-electron chi connectivity index (χ0n) is 22.7. The van der Waals surface area contributed by atoms with E-state index in [1.807, 2.05) is 13.8 Å². The molecule has 0 aliphatic carbocycles. The van der Waals surface area contributed by atoms with Crippen LogP contribution in [0.15, 0.2) is 77.7 Å². The third-order valence-electron chi connectivity index (χ3n) is 5.70. The summed E-state index contributed by atoms with van der Waals surface area (Å²) in [6, 6.07) is 19.6. The van der Waals surface area contributed by atoms with E-state index in [-0.39, 0.29) is 29.2 Å². The predicted molar refractivity (Wildman–Crippen MR) is 166 cm³/mol. The summed E-state index contributed by atoms with van der Waals surface area (Å²) >= 11 is 16.7. The molecule has 0 aliphatic rings. The van der Waals surface area contributed by atoms with E-state index in [4.69, 9.17) is 50.1 Å². The molecule has 3 aromatic carbocycles. The van der Waals surface area contributed by atoms with Crippen molar-refractivity contribution in [3.8, 4) is 11.1 Å². The van der Waals surface area contributed by atoms with Crippen molar-refractivity contribution < 1.29 is 22.7 Å². The number of alkyl halides is 3. The number of nitrogens with one attached hydrogen (secondary N) is 3. The average molecular weight is 655 g/mol. The lowest BCUT2D eigenvalue weighted by molar-refractivity contribution is 0.154. The van der Waals surface area contributed by atoms with Gasteiger partial charge in [0.15, 0.2) is 0 Å². The maximum Gasteiger partial charge on any atom is 0.412 e. The first kappa shape index (κ1) is 33.2. The summed E-state index contributed by atoms with van der Waals surface area (Å²) in [4.78, 5) is 26.9. The van der Waals surface area contributed by atoms with Gasteiger partial charge in [0.25, 0.3) is 0 Å². The summed E-state index contributed by atoms with van der Waals surface area (Å²) < 4.78 is 27.0. The van der Waals surface area contributed by atoms with Crippen molar-refractivity contribution in [2.45, 2.75) is 29.1 Å². The Morgan fingerprint density at radius 1 is 1.02 bits per heavy atom. The number of halogens is 3. The van der Waals surface area contributed by atoms with Crippen LogP contribution in [0.3, 0.4) is 0 Å². The van der Waals surface area contributed by atoms with E-state index in [2.05, 4.69) is 10.6 Å². The summed E-state index contributed by atoms with van der Waals surface area (Å²) in [5.41, 5.74) is 2.70. The highest BCUT2D eigenvalue weighted by molar-refractivity contribution is 7.89. The number of anilines is 1. The summed E-state index contributed by atoms with van der Waals surface area (Å²) in [5.74, 6) is -0.0706. The standard InChI is InChI=1S/C28H30Cl3N5O5S/c1-18(2)15-36(16-19-6-5-7-21(14-19)25(32)35-27(38)41-17-28(29,30)31)26(37)34-22-12-10-20(11-13-22)23-8-3-4-9-24(23)42(33,39)40/h3-14,18H,15-17H2,1-2H3,(H,34,37)(H2,32,35,38)(H2,33,39,40). The van der Waals surface area contributed by atoms with E-state index in [0.29, 0.717) is 28.9 Å². The lowest BCUT2D eigenvalue weighted by atomic mass is 10.1. The Labute approximate surface area is 259 Å². The number of nitrogens with zero attached hydrogens (tertiary/aromatic N) is 1. The average Bonchev–Trinajstić information content (AvgIpc) is 2.91. The molecule has 0 radical (unpaired) electrons. The second kappa shape index (κ2) is 14.2. The number of alkyl carbamates (subject to hydrolysis) is 1. The molecule has 224 valence electrons. The monoisotopic (exact) mass is 653 g/mol. The van der Waals surface area contributed by atoms with Crippen molar-refractivity contribution >= 4 is 68.5 Å². The van der Waals surface area contributed by atoms with Gasteiger partial charge >= 0.3 is 12.1 Å². The molecule has 0 unspecified atom stereocenters. The second-order valence-corrected chi connectivity index (χ2v) is 13.8. The Balaban J connectivity index is 1.71. The molecule has 0 saturated heterocycles. The normalized spacial score (nSPS) is 11.6. The number of hydrogen-bond donors (Lipinski definition) is 4. The number of carbonyl (C=O) groups is 2. The molecule has 0 bridgehead atoms. The number of rotatable bonds is 9. The molecule has 5 N–H and O–H groups in total. The third-order valence-corrected chi connectivity index (χ3v) is 6.99. The minimum atomic E-state index is -3.92. The number of urea groups is 1. The first-order chi connectivity index (χ1) is 19.6. The minimum Gasteiger partial charge on any atom is -0.445 e. The summed E-state index contributed by atoms with van der Waals surface area (Å²) in [7, 11) is -3.92. The highest BCUT2D eigenvalue weighted by atomic mass is 35.6. The van der Waals surface area contributed by atoms with Gasteiger partial charge in [-0.15, -0.1) is 0 Å². The first-order valence-corrected chi connectivity index (χ1v) is 15.3. The van der Waals surface area contributed by atoms with Gasteiger partial charge in [0.05, 0.1) is 4.90 Å². The molecule has 0 aromatic heterocycles. The van der Waals surface area contributed by atoms with E-state index < -0.39 is 26.5 Å². The van der Waals surface area contributed by atoms with Gasteiger partial charge < -0.3 is 15.0 Å². The number of hydrogen-bond acceptors (Lipinski definition) is 6. The number of sulfonamides is 1. The Hall–Kier alpha value is -3.35. The molecule has 0 fully saturated rings. The minimum absolute atomic E-state index is 0.00936. The number of benzene rings is 3. The first-order valence-electron chi connectivity index (χ1n) is 12.6. The topological polar surface area (TPSA) is 155 Å². The van der Waals surface area contributed by atoms with Gasteiger partial charge in [0.2, 0.25) is 13.8 Å². The van der Waals surface area contributed by atoms with Gasteiger partial charge in [0.1, 0.15) is 12.4 Å². The molecule has 10 nitrogen and oxygen atoms in total. The molecule has 3 rings (SSSR count). The van der Waals surface area contributed by atoms with Crippen LogP contribution in [-0.2, 0) is 21.3 Å². The van der Waals surface area contributed by atoms with Gasteiger partial charge in [-0.3, -0.25) is 10.7 Å². The molecule has 0 saturated carbocycles. The maximum atomic E-state index is 13.3. The quantitative estimate of drug-likeness (QED) is 0.124. The van der Waals surface area contributed by atoms with Crippen LogP contribution in [-0.4, -0.2) is 48.2 Å². The number of carbonyl (C=O) groups excluding carboxylic acids is 2. The van der Waals surface area contributed by atoms with Gasteiger partial charge in [-0.1, -0.05) is 97.2 Å². The number of ether oxygens (including phenoxy) is 1. The Morgan fingerprint density at radius 2 is 1.69 bits per heavy atom. The van der Waals surface area contributed by atoms with Crippen LogP contribution >= 0.6 is 34.8 Å².